The third-order valence-corrected chi connectivity index (χ3v) is 2.01. The standard InChI is InChI=1S/C11H14N2O3/c1-9-8-10(16-7-3-2-6-12)4-5-11(9)13(14)15/h2-5,8H,6-7,12H2,1H3. The monoisotopic (exact) mass is 222 g/mol. The SMILES string of the molecule is Cc1cc(OCC=CCN)ccc1[N+](=O)[O-]. The summed E-state index contributed by atoms with van der Waals surface area (Å²) in [6.45, 7) is 2.57. The Morgan fingerprint density at radius 1 is 1.50 bits per heavy atom. The predicted octanol–water partition coefficient (Wildman–Crippen LogP) is 1.80. The van der Waals surface area contributed by atoms with Gasteiger partial charge in [0.1, 0.15) is 12.4 Å². The van der Waals surface area contributed by atoms with E-state index in [0.29, 0.717) is 24.5 Å². The molecule has 5 nitrogen and oxygen atoms in total. The third kappa shape index (κ3) is 3.36. The lowest BCUT2D eigenvalue weighted by Crippen LogP contribution is -1.98. The van der Waals surface area contributed by atoms with E-state index in [9.17, 15) is 10.1 Å². The van der Waals surface area contributed by atoms with Crippen LogP contribution in [0.4, 0.5) is 5.69 Å². The molecule has 5 heteroatoms. The molecule has 0 aliphatic rings. The molecule has 0 spiro atoms. The number of nitrogens with two attached hydrogens (primary N) is 1. The summed E-state index contributed by atoms with van der Waals surface area (Å²) in [4.78, 5) is 10.2. The van der Waals surface area contributed by atoms with Crippen LogP contribution in [0, 0.1) is 17.0 Å². The maximum Gasteiger partial charge on any atom is 0.272 e. The van der Waals surface area contributed by atoms with E-state index in [0.717, 1.165) is 0 Å². The molecule has 0 saturated carbocycles. The third-order valence-electron chi connectivity index (χ3n) is 2.01. The van der Waals surface area contributed by atoms with Crippen molar-refractivity contribution in [1.29, 1.82) is 0 Å². The van der Waals surface area contributed by atoms with Gasteiger partial charge in [-0.1, -0.05) is 12.2 Å². The smallest absolute Gasteiger partial charge is 0.272 e. The molecule has 0 radical (unpaired) electrons. The minimum absolute atomic E-state index is 0.102. The van der Waals surface area contributed by atoms with Gasteiger partial charge in [0.2, 0.25) is 0 Å². The summed E-state index contributed by atoms with van der Waals surface area (Å²) >= 11 is 0. The Labute approximate surface area is 93.7 Å². The predicted molar refractivity (Wildman–Crippen MR) is 61.5 cm³/mol. The molecule has 0 fully saturated rings. The van der Waals surface area contributed by atoms with Crippen LogP contribution >= 0.6 is 0 Å². The second kappa shape index (κ2) is 5.87. The van der Waals surface area contributed by atoms with E-state index < -0.39 is 4.92 Å². The van der Waals surface area contributed by atoms with Crippen LogP contribution in [0.25, 0.3) is 0 Å². The van der Waals surface area contributed by atoms with Crippen LogP contribution in [0.2, 0.25) is 0 Å². The van der Waals surface area contributed by atoms with E-state index in [2.05, 4.69) is 0 Å². The molecule has 0 unspecified atom stereocenters. The molecule has 16 heavy (non-hydrogen) atoms. The van der Waals surface area contributed by atoms with E-state index in [1.807, 2.05) is 0 Å². The number of rotatable bonds is 5. The first kappa shape index (κ1) is 12.2. The molecule has 0 aromatic heterocycles. The van der Waals surface area contributed by atoms with Gasteiger partial charge in [-0.3, -0.25) is 10.1 Å². The lowest BCUT2D eigenvalue weighted by molar-refractivity contribution is -0.385. The number of nitrogens with zero attached hydrogens (tertiary/aromatic N) is 1. The van der Waals surface area contributed by atoms with Gasteiger partial charge in [-0.2, -0.15) is 0 Å². The fraction of sp³-hybridized carbons (Fsp3) is 0.273. The molecular weight excluding hydrogens is 208 g/mol. The van der Waals surface area contributed by atoms with Crippen LogP contribution in [-0.4, -0.2) is 18.1 Å². The molecule has 0 amide bonds. The summed E-state index contributed by atoms with van der Waals surface area (Å²) < 4.78 is 5.36. The van der Waals surface area contributed by atoms with Crippen molar-refractivity contribution in [2.45, 2.75) is 6.92 Å². The maximum absolute atomic E-state index is 10.6. The minimum atomic E-state index is -0.409. The van der Waals surface area contributed by atoms with Crippen LogP contribution in [0.5, 0.6) is 5.75 Å². The Balaban J connectivity index is 2.66. The number of hydrogen-bond acceptors (Lipinski definition) is 4. The van der Waals surface area contributed by atoms with Gasteiger partial charge in [-0.15, -0.1) is 0 Å². The van der Waals surface area contributed by atoms with Gasteiger partial charge in [-0.25, -0.2) is 0 Å². The van der Waals surface area contributed by atoms with Crippen molar-refractivity contribution in [3.63, 3.8) is 0 Å². The van der Waals surface area contributed by atoms with Gasteiger partial charge in [0.15, 0.2) is 0 Å². The first-order chi connectivity index (χ1) is 7.65. The quantitative estimate of drug-likeness (QED) is 0.468. The van der Waals surface area contributed by atoms with Crippen molar-refractivity contribution in [3.8, 4) is 5.75 Å². The van der Waals surface area contributed by atoms with Crippen molar-refractivity contribution >= 4 is 5.69 Å². The topological polar surface area (TPSA) is 78.4 Å². The van der Waals surface area contributed by atoms with Crippen LogP contribution in [0.1, 0.15) is 5.56 Å². The fourth-order valence-electron chi connectivity index (χ4n) is 1.23. The van der Waals surface area contributed by atoms with E-state index in [1.165, 1.54) is 6.07 Å². The minimum Gasteiger partial charge on any atom is -0.490 e. The molecule has 0 atom stereocenters. The average Bonchev–Trinajstić information content (AvgIpc) is 2.24. The van der Waals surface area contributed by atoms with E-state index >= 15 is 0 Å². The van der Waals surface area contributed by atoms with Crippen molar-refractivity contribution < 1.29 is 9.66 Å². The molecule has 0 bridgehead atoms. The zero-order valence-corrected chi connectivity index (χ0v) is 9.05. The largest absolute Gasteiger partial charge is 0.490 e. The first-order valence-electron chi connectivity index (χ1n) is 4.88. The van der Waals surface area contributed by atoms with Crippen molar-refractivity contribution in [1.82, 2.24) is 0 Å². The summed E-state index contributed by atoms with van der Waals surface area (Å²) in [5.74, 6) is 0.616. The van der Waals surface area contributed by atoms with Gasteiger partial charge in [0.05, 0.1) is 4.92 Å². The second-order valence-electron chi connectivity index (χ2n) is 3.22. The Hall–Kier alpha value is -1.88. The Kier molecular flexibility index (Phi) is 4.47. The zero-order chi connectivity index (χ0) is 12.0. The van der Waals surface area contributed by atoms with Gasteiger partial charge < -0.3 is 10.5 Å². The van der Waals surface area contributed by atoms with Crippen molar-refractivity contribution in [2.75, 3.05) is 13.2 Å². The van der Waals surface area contributed by atoms with Crippen LogP contribution in [0.3, 0.4) is 0 Å². The molecule has 1 aromatic rings. The number of aryl methyl sites for hydroxylation is 1. The lowest BCUT2D eigenvalue weighted by Gasteiger charge is -2.04. The highest BCUT2D eigenvalue weighted by Crippen LogP contribution is 2.22. The lowest BCUT2D eigenvalue weighted by atomic mass is 10.2. The van der Waals surface area contributed by atoms with E-state index in [1.54, 1.807) is 31.2 Å². The summed E-state index contributed by atoms with van der Waals surface area (Å²) in [5, 5.41) is 10.6. The Morgan fingerprint density at radius 3 is 2.81 bits per heavy atom. The van der Waals surface area contributed by atoms with Crippen molar-refractivity contribution in [3.05, 3.63) is 46.0 Å². The number of nitro groups is 1. The maximum atomic E-state index is 10.6. The van der Waals surface area contributed by atoms with Crippen LogP contribution in [-0.2, 0) is 0 Å². The average molecular weight is 222 g/mol. The summed E-state index contributed by atoms with van der Waals surface area (Å²) in [6.07, 6.45) is 3.59. The second-order valence-corrected chi connectivity index (χ2v) is 3.22. The molecule has 1 aromatic carbocycles. The molecule has 0 saturated heterocycles. The number of ether oxygens (including phenoxy) is 1. The van der Waals surface area contributed by atoms with Crippen LogP contribution in [0.15, 0.2) is 30.4 Å². The van der Waals surface area contributed by atoms with Crippen molar-refractivity contribution in [2.24, 2.45) is 5.73 Å². The number of hydrogen-bond donors (Lipinski definition) is 1. The zero-order valence-electron chi connectivity index (χ0n) is 9.05. The van der Waals surface area contributed by atoms with E-state index in [-0.39, 0.29) is 5.69 Å². The molecule has 0 aliphatic heterocycles. The summed E-state index contributed by atoms with van der Waals surface area (Å²) in [6, 6.07) is 4.67. The number of nitro benzene ring substituents is 1. The highest BCUT2D eigenvalue weighted by molar-refractivity contribution is 5.44. The molecule has 1 rings (SSSR count). The van der Waals surface area contributed by atoms with Gasteiger partial charge in [-0.05, 0) is 19.1 Å². The highest BCUT2D eigenvalue weighted by Gasteiger charge is 2.09. The van der Waals surface area contributed by atoms with Crippen LogP contribution < -0.4 is 10.5 Å². The molecule has 0 aliphatic carbocycles. The first-order valence-corrected chi connectivity index (χ1v) is 4.88. The Bertz CT molecular complexity index is 402. The summed E-state index contributed by atoms with van der Waals surface area (Å²) in [5.41, 5.74) is 5.96. The Morgan fingerprint density at radius 2 is 2.25 bits per heavy atom. The highest BCUT2D eigenvalue weighted by atomic mass is 16.6. The number of benzene rings is 1. The fourth-order valence-corrected chi connectivity index (χ4v) is 1.23. The molecule has 2 N–H and O–H groups in total. The van der Waals surface area contributed by atoms with Gasteiger partial charge >= 0.3 is 0 Å². The van der Waals surface area contributed by atoms with Gasteiger partial charge in [0, 0.05) is 18.2 Å². The molecular formula is C11H14N2O3. The van der Waals surface area contributed by atoms with Gasteiger partial charge in [0.25, 0.3) is 5.69 Å². The molecule has 86 valence electrons. The molecule has 0 heterocycles. The summed E-state index contributed by atoms with van der Waals surface area (Å²) in [7, 11) is 0. The normalized spacial score (nSPS) is 10.6. The van der Waals surface area contributed by atoms with E-state index in [4.69, 9.17) is 10.5 Å².